The van der Waals surface area contributed by atoms with Gasteiger partial charge in [-0.15, -0.1) is 0 Å². The summed E-state index contributed by atoms with van der Waals surface area (Å²) in [4.78, 5) is 13.1. The van der Waals surface area contributed by atoms with Crippen molar-refractivity contribution in [3.05, 3.63) is 22.2 Å². The summed E-state index contributed by atoms with van der Waals surface area (Å²) in [5.74, 6) is 0.847. The van der Waals surface area contributed by atoms with Crippen LogP contribution in [0, 0.1) is 0 Å². The summed E-state index contributed by atoms with van der Waals surface area (Å²) in [6.07, 6.45) is 0.914. The van der Waals surface area contributed by atoms with Crippen molar-refractivity contribution in [2.75, 3.05) is 18.6 Å². The van der Waals surface area contributed by atoms with Crippen LogP contribution >= 0.6 is 15.9 Å². The van der Waals surface area contributed by atoms with E-state index in [2.05, 4.69) is 15.9 Å². The monoisotopic (exact) mass is 269 g/mol. The average molecular weight is 270 g/mol. The lowest BCUT2D eigenvalue weighted by atomic mass is 10.1. The first-order chi connectivity index (χ1) is 7.13. The number of fused-ring (bicyclic) bond motifs is 1. The molecule has 0 aliphatic carbocycles. The normalized spacial score (nSPS) is 13.9. The number of amides is 1. The maximum absolute atomic E-state index is 11.4. The average Bonchev–Trinajstić information content (AvgIpc) is 2.59. The Balaban J connectivity index is 2.48. The van der Waals surface area contributed by atoms with Crippen molar-refractivity contribution in [3.63, 3.8) is 0 Å². The van der Waals surface area contributed by atoms with Gasteiger partial charge in [0.05, 0.1) is 17.3 Å². The Bertz CT molecular complexity index is 417. The Morgan fingerprint density at radius 3 is 2.87 bits per heavy atom. The van der Waals surface area contributed by atoms with Gasteiger partial charge in [-0.1, -0.05) is 0 Å². The number of carbonyl (C=O) groups excluding carboxylic acids is 1. The molecule has 0 spiro atoms. The highest BCUT2D eigenvalue weighted by Gasteiger charge is 2.23. The fraction of sp³-hybridized carbons (Fsp3) is 0.364. The highest BCUT2D eigenvalue weighted by atomic mass is 79.9. The molecule has 0 aromatic heterocycles. The zero-order valence-electron chi connectivity index (χ0n) is 8.71. The standard InChI is InChI=1S/C11H12BrNO2/c1-7(14)13-4-3-8-5-9(12)11(15-2)6-10(8)13/h5-6H,3-4H2,1-2H3. The lowest BCUT2D eigenvalue weighted by molar-refractivity contribution is -0.116. The van der Waals surface area contributed by atoms with Crippen molar-refractivity contribution >= 4 is 27.5 Å². The van der Waals surface area contributed by atoms with Gasteiger partial charge in [0, 0.05) is 19.5 Å². The molecule has 0 unspecified atom stereocenters. The Morgan fingerprint density at radius 1 is 1.53 bits per heavy atom. The van der Waals surface area contributed by atoms with Crippen LogP contribution in [0.1, 0.15) is 12.5 Å². The molecule has 0 atom stereocenters. The molecule has 1 heterocycles. The van der Waals surface area contributed by atoms with E-state index in [-0.39, 0.29) is 5.91 Å². The van der Waals surface area contributed by atoms with Gasteiger partial charge >= 0.3 is 0 Å². The molecular formula is C11H12BrNO2. The number of halogens is 1. The zero-order valence-corrected chi connectivity index (χ0v) is 10.3. The largest absolute Gasteiger partial charge is 0.495 e. The Morgan fingerprint density at radius 2 is 2.27 bits per heavy atom. The lowest BCUT2D eigenvalue weighted by Crippen LogP contribution is -2.25. The van der Waals surface area contributed by atoms with Crippen LogP contribution in [0.3, 0.4) is 0 Å². The first kappa shape index (κ1) is 10.5. The van der Waals surface area contributed by atoms with Crippen LogP contribution in [0.15, 0.2) is 16.6 Å². The minimum Gasteiger partial charge on any atom is -0.495 e. The second-order valence-corrected chi connectivity index (χ2v) is 4.39. The van der Waals surface area contributed by atoms with Gasteiger partial charge in [-0.3, -0.25) is 4.79 Å². The fourth-order valence-electron chi connectivity index (χ4n) is 1.87. The molecule has 0 radical (unpaired) electrons. The number of hydrogen-bond donors (Lipinski definition) is 0. The minimum atomic E-state index is 0.0816. The van der Waals surface area contributed by atoms with E-state index in [0.29, 0.717) is 0 Å². The van der Waals surface area contributed by atoms with Crippen molar-refractivity contribution in [2.24, 2.45) is 0 Å². The van der Waals surface area contributed by atoms with Gasteiger partial charge in [0.25, 0.3) is 0 Å². The molecule has 0 bridgehead atoms. The maximum Gasteiger partial charge on any atom is 0.223 e. The first-order valence-corrected chi connectivity index (χ1v) is 5.57. The van der Waals surface area contributed by atoms with Crippen molar-refractivity contribution in [1.29, 1.82) is 0 Å². The Kier molecular flexibility index (Phi) is 2.69. The minimum absolute atomic E-state index is 0.0816. The van der Waals surface area contributed by atoms with E-state index in [4.69, 9.17) is 4.74 Å². The molecule has 4 heteroatoms. The van der Waals surface area contributed by atoms with Crippen molar-refractivity contribution in [3.8, 4) is 5.75 Å². The van der Waals surface area contributed by atoms with Gasteiger partial charge in [0.1, 0.15) is 5.75 Å². The molecule has 0 saturated carbocycles. The molecule has 1 aromatic carbocycles. The predicted molar refractivity (Wildman–Crippen MR) is 62.4 cm³/mol. The molecule has 0 fully saturated rings. The molecule has 1 aliphatic rings. The molecule has 2 rings (SSSR count). The van der Waals surface area contributed by atoms with Crippen LogP contribution in [0.2, 0.25) is 0 Å². The third-order valence-electron chi connectivity index (χ3n) is 2.63. The summed E-state index contributed by atoms with van der Waals surface area (Å²) in [6.45, 7) is 2.36. The van der Waals surface area contributed by atoms with Crippen LogP contribution in [0.4, 0.5) is 5.69 Å². The van der Waals surface area contributed by atoms with E-state index in [1.54, 1.807) is 18.9 Å². The van der Waals surface area contributed by atoms with Crippen LogP contribution in [0.5, 0.6) is 5.75 Å². The lowest BCUT2D eigenvalue weighted by Gasteiger charge is -2.15. The summed E-state index contributed by atoms with van der Waals surface area (Å²) in [5.41, 5.74) is 2.17. The number of nitrogens with zero attached hydrogens (tertiary/aromatic N) is 1. The van der Waals surface area contributed by atoms with Gasteiger partial charge in [0.15, 0.2) is 0 Å². The summed E-state index contributed by atoms with van der Waals surface area (Å²) >= 11 is 3.44. The van der Waals surface area contributed by atoms with Crippen LogP contribution in [0.25, 0.3) is 0 Å². The number of carbonyl (C=O) groups is 1. The second-order valence-electron chi connectivity index (χ2n) is 3.54. The predicted octanol–water partition coefficient (Wildman–Crippen LogP) is 2.37. The number of rotatable bonds is 1. The number of hydrogen-bond acceptors (Lipinski definition) is 2. The number of anilines is 1. The third kappa shape index (κ3) is 1.74. The van der Waals surface area contributed by atoms with Gasteiger partial charge < -0.3 is 9.64 Å². The molecule has 0 saturated heterocycles. The topological polar surface area (TPSA) is 29.5 Å². The van der Waals surface area contributed by atoms with Gasteiger partial charge in [-0.05, 0) is 34.0 Å². The molecule has 80 valence electrons. The van der Waals surface area contributed by atoms with E-state index in [1.165, 1.54) is 5.56 Å². The number of methoxy groups -OCH3 is 1. The van der Waals surface area contributed by atoms with Crippen molar-refractivity contribution in [2.45, 2.75) is 13.3 Å². The Hall–Kier alpha value is -1.03. The van der Waals surface area contributed by atoms with E-state index >= 15 is 0 Å². The van der Waals surface area contributed by atoms with Gasteiger partial charge in [-0.2, -0.15) is 0 Å². The molecule has 0 N–H and O–H groups in total. The third-order valence-corrected chi connectivity index (χ3v) is 3.25. The van der Waals surface area contributed by atoms with Crippen LogP contribution in [-0.2, 0) is 11.2 Å². The summed E-state index contributed by atoms with van der Waals surface area (Å²) in [7, 11) is 1.62. The highest BCUT2D eigenvalue weighted by molar-refractivity contribution is 9.10. The van der Waals surface area contributed by atoms with E-state index in [1.807, 2.05) is 12.1 Å². The SMILES string of the molecule is COc1cc2c(cc1Br)CCN2C(C)=O. The molecular weight excluding hydrogens is 258 g/mol. The molecule has 3 nitrogen and oxygen atoms in total. The fourth-order valence-corrected chi connectivity index (χ4v) is 2.42. The van der Waals surface area contributed by atoms with Crippen LogP contribution < -0.4 is 9.64 Å². The summed E-state index contributed by atoms with van der Waals surface area (Å²) in [5, 5.41) is 0. The summed E-state index contributed by atoms with van der Waals surface area (Å²) < 4.78 is 6.15. The number of ether oxygens (including phenoxy) is 1. The van der Waals surface area contributed by atoms with Crippen molar-refractivity contribution in [1.82, 2.24) is 0 Å². The Labute approximate surface area is 97.2 Å². The van der Waals surface area contributed by atoms with Crippen LogP contribution in [-0.4, -0.2) is 19.6 Å². The van der Waals surface area contributed by atoms with Crippen molar-refractivity contribution < 1.29 is 9.53 Å². The van der Waals surface area contributed by atoms with E-state index < -0.39 is 0 Å². The van der Waals surface area contributed by atoms with E-state index in [0.717, 1.165) is 28.9 Å². The maximum atomic E-state index is 11.4. The highest BCUT2D eigenvalue weighted by Crippen LogP contribution is 2.36. The van der Waals surface area contributed by atoms with Gasteiger partial charge in [-0.25, -0.2) is 0 Å². The van der Waals surface area contributed by atoms with Gasteiger partial charge in [0.2, 0.25) is 5.91 Å². The molecule has 1 aromatic rings. The number of benzene rings is 1. The molecule has 15 heavy (non-hydrogen) atoms. The summed E-state index contributed by atoms with van der Waals surface area (Å²) in [6, 6.07) is 3.94. The molecule has 1 amide bonds. The zero-order chi connectivity index (χ0) is 11.0. The van der Waals surface area contributed by atoms with E-state index in [9.17, 15) is 4.79 Å². The smallest absolute Gasteiger partial charge is 0.223 e. The quantitative estimate of drug-likeness (QED) is 0.784. The molecule has 1 aliphatic heterocycles. The first-order valence-electron chi connectivity index (χ1n) is 4.78. The second kappa shape index (κ2) is 3.85.